The summed E-state index contributed by atoms with van der Waals surface area (Å²) >= 11 is 0. The number of hydrogen-bond donors (Lipinski definition) is 1. The van der Waals surface area contributed by atoms with E-state index in [2.05, 4.69) is 4.99 Å². The molecule has 0 aromatic heterocycles. The number of halogens is 2. The highest BCUT2D eigenvalue weighted by atomic mass is 19.2. The Labute approximate surface area is 102 Å². The summed E-state index contributed by atoms with van der Waals surface area (Å²) in [5, 5.41) is 9.90. The summed E-state index contributed by atoms with van der Waals surface area (Å²) in [4.78, 5) is 14.0. The van der Waals surface area contributed by atoms with Crippen LogP contribution in [0, 0.1) is 11.6 Å². The maximum atomic E-state index is 13.8. The summed E-state index contributed by atoms with van der Waals surface area (Å²) in [5.74, 6) is -3.05. The molecule has 0 aliphatic heterocycles. The number of ether oxygens (including phenoxy) is 1. The highest BCUT2D eigenvalue weighted by molar-refractivity contribution is 5.52. The Morgan fingerprint density at radius 2 is 2.17 bits per heavy atom. The van der Waals surface area contributed by atoms with Gasteiger partial charge in [-0.05, 0) is 19.3 Å². The van der Waals surface area contributed by atoms with Crippen LogP contribution in [0.25, 0.3) is 0 Å². The molecule has 0 heterocycles. The van der Waals surface area contributed by atoms with E-state index in [1.165, 1.54) is 13.2 Å². The first-order valence-corrected chi connectivity index (χ1v) is 5.40. The minimum atomic E-state index is -1.22. The largest absolute Gasteiger partial charge is 0.504 e. The molecule has 1 aromatic carbocycles. The Hall–Kier alpha value is -1.94. The van der Waals surface area contributed by atoms with E-state index in [0.717, 1.165) is 6.07 Å². The Kier molecular flexibility index (Phi) is 3.05. The van der Waals surface area contributed by atoms with E-state index < -0.39 is 22.9 Å². The monoisotopic (exact) mass is 255 g/mol. The van der Waals surface area contributed by atoms with Crippen LogP contribution in [0.2, 0.25) is 0 Å². The number of methoxy groups -OCH3 is 1. The predicted octanol–water partition coefficient (Wildman–Crippen LogP) is 2.39. The van der Waals surface area contributed by atoms with Gasteiger partial charge in [0.15, 0.2) is 23.1 Å². The summed E-state index contributed by atoms with van der Waals surface area (Å²) in [6.45, 7) is 0. The van der Waals surface area contributed by atoms with Crippen LogP contribution in [0.1, 0.15) is 24.8 Å². The average Bonchev–Trinajstić information content (AvgIpc) is 2.30. The number of phenols is 1. The number of phenolic OH excluding ortho intramolecular Hbond substituents is 1. The molecule has 1 aromatic rings. The topological polar surface area (TPSA) is 58.9 Å². The van der Waals surface area contributed by atoms with Gasteiger partial charge in [-0.1, -0.05) is 0 Å². The molecule has 1 aliphatic rings. The predicted molar refractivity (Wildman–Crippen MR) is 58.2 cm³/mol. The molecular weight excluding hydrogens is 244 g/mol. The number of rotatable bonds is 3. The van der Waals surface area contributed by atoms with E-state index >= 15 is 0 Å². The van der Waals surface area contributed by atoms with Crippen molar-refractivity contribution in [1.82, 2.24) is 0 Å². The summed E-state index contributed by atoms with van der Waals surface area (Å²) in [6.07, 6.45) is 2.79. The van der Waals surface area contributed by atoms with Gasteiger partial charge in [0.25, 0.3) is 0 Å². The number of nitrogens with zero attached hydrogens (tertiary/aromatic N) is 1. The van der Waals surface area contributed by atoms with Gasteiger partial charge in [-0.3, -0.25) is 0 Å². The molecule has 2 rings (SSSR count). The fourth-order valence-electron chi connectivity index (χ4n) is 2.19. The summed E-state index contributed by atoms with van der Waals surface area (Å²) < 4.78 is 32.0. The normalized spacial score (nSPS) is 16.6. The van der Waals surface area contributed by atoms with Gasteiger partial charge in [-0.25, -0.2) is 13.6 Å². The van der Waals surface area contributed by atoms with Crippen molar-refractivity contribution in [3.63, 3.8) is 0 Å². The van der Waals surface area contributed by atoms with Crippen LogP contribution < -0.4 is 4.74 Å². The highest BCUT2D eigenvalue weighted by Crippen LogP contribution is 2.51. The minimum Gasteiger partial charge on any atom is -0.504 e. The minimum absolute atomic E-state index is 0.184. The fraction of sp³-hybridized carbons (Fsp3) is 0.417. The van der Waals surface area contributed by atoms with Crippen LogP contribution in [0.5, 0.6) is 11.5 Å². The maximum absolute atomic E-state index is 13.8. The third kappa shape index (κ3) is 1.66. The van der Waals surface area contributed by atoms with Crippen LogP contribution >= 0.6 is 0 Å². The molecule has 1 aliphatic carbocycles. The SMILES string of the molecule is COc1cc(F)c(F)c(C2(N=C=O)CCC2)c1O. The number of benzene rings is 1. The second-order valence-corrected chi connectivity index (χ2v) is 4.19. The zero-order valence-corrected chi connectivity index (χ0v) is 9.67. The molecule has 0 spiro atoms. The molecule has 4 nitrogen and oxygen atoms in total. The van der Waals surface area contributed by atoms with Crippen molar-refractivity contribution in [1.29, 1.82) is 0 Å². The van der Waals surface area contributed by atoms with E-state index in [9.17, 15) is 18.7 Å². The van der Waals surface area contributed by atoms with Crippen molar-refractivity contribution < 1.29 is 23.4 Å². The molecule has 1 fully saturated rings. The van der Waals surface area contributed by atoms with Crippen LogP contribution in [0.15, 0.2) is 11.1 Å². The van der Waals surface area contributed by atoms with Crippen molar-refractivity contribution in [3.05, 3.63) is 23.3 Å². The van der Waals surface area contributed by atoms with E-state index in [0.29, 0.717) is 19.3 Å². The van der Waals surface area contributed by atoms with Gasteiger partial charge in [0.2, 0.25) is 6.08 Å². The first-order valence-electron chi connectivity index (χ1n) is 5.40. The van der Waals surface area contributed by atoms with Crippen molar-refractivity contribution in [2.45, 2.75) is 24.8 Å². The molecule has 0 atom stereocenters. The lowest BCUT2D eigenvalue weighted by Crippen LogP contribution is -2.33. The molecule has 18 heavy (non-hydrogen) atoms. The molecule has 6 heteroatoms. The highest BCUT2D eigenvalue weighted by Gasteiger charge is 2.44. The third-order valence-corrected chi connectivity index (χ3v) is 3.28. The number of hydrogen-bond acceptors (Lipinski definition) is 4. The zero-order chi connectivity index (χ0) is 13.3. The summed E-state index contributed by atoms with van der Waals surface area (Å²) in [5.41, 5.74) is -1.54. The van der Waals surface area contributed by atoms with E-state index in [1.54, 1.807) is 0 Å². The molecule has 0 unspecified atom stereocenters. The van der Waals surface area contributed by atoms with E-state index in [1.807, 2.05) is 0 Å². The Morgan fingerprint density at radius 1 is 1.50 bits per heavy atom. The summed E-state index contributed by atoms with van der Waals surface area (Å²) in [7, 11) is 1.23. The van der Waals surface area contributed by atoms with Crippen LogP contribution in [0.4, 0.5) is 8.78 Å². The number of aromatic hydroxyl groups is 1. The van der Waals surface area contributed by atoms with Gasteiger partial charge in [-0.15, -0.1) is 0 Å². The lowest BCUT2D eigenvalue weighted by molar-refractivity contribution is 0.232. The molecule has 96 valence electrons. The third-order valence-electron chi connectivity index (χ3n) is 3.28. The van der Waals surface area contributed by atoms with Crippen LogP contribution in [-0.4, -0.2) is 18.3 Å². The number of aliphatic imine (C=N–C) groups is 1. The molecule has 0 amide bonds. The molecule has 0 radical (unpaired) electrons. The van der Waals surface area contributed by atoms with Gasteiger partial charge in [0.1, 0.15) is 5.54 Å². The van der Waals surface area contributed by atoms with E-state index in [4.69, 9.17) is 4.74 Å². The van der Waals surface area contributed by atoms with Gasteiger partial charge < -0.3 is 9.84 Å². The van der Waals surface area contributed by atoms with Gasteiger partial charge in [0, 0.05) is 6.07 Å². The summed E-state index contributed by atoms with van der Waals surface area (Å²) in [6, 6.07) is 0.755. The first kappa shape index (κ1) is 12.5. The zero-order valence-electron chi connectivity index (χ0n) is 9.67. The second-order valence-electron chi connectivity index (χ2n) is 4.19. The number of carbonyl (C=O) groups excluding carboxylic acids is 1. The van der Waals surface area contributed by atoms with E-state index in [-0.39, 0.29) is 11.3 Å². The average molecular weight is 255 g/mol. The number of isocyanates is 1. The Balaban J connectivity index is 2.69. The molecule has 0 bridgehead atoms. The Morgan fingerprint density at radius 3 is 2.61 bits per heavy atom. The quantitative estimate of drug-likeness (QED) is 0.666. The van der Waals surface area contributed by atoms with Crippen molar-refractivity contribution in [2.24, 2.45) is 4.99 Å². The maximum Gasteiger partial charge on any atom is 0.235 e. The van der Waals surface area contributed by atoms with Crippen molar-refractivity contribution in [2.75, 3.05) is 7.11 Å². The molecule has 0 saturated heterocycles. The second kappa shape index (κ2) is 4.38. The van der Waals surface area contributed by atoms with Crippen molar-refractivity contribution >= 4 is 6.08 Å². The smallest absolute Gasteiger partial charge is 0.235 e. The van der Waals surface area contributed by atoms with Crippen LogP contribution in [-0.2, 0) is 10.3 Å². The first-order chi connectivity index (χ1) is 8.55. The van der Waals surface area contributed by atoms with Crippen molar-refractivity contribution in [3.8, 4) is 11.5 Å². The lowest BCUT2D eigenvalue weighted by Gasteiger charge is -2.37. The fourth-order valence-corrected chi connectivity index (χ4v) is 2.19. The van der Waals surface area contributed by atoms with Gasteiger partial charge in [0.05, 0.1) is 12.7 Å². The Bertz CT molecular complexity index is 535. The van der Waals surface area contributed by atoms with Crippen LogP contribution in [0.3, 0.4) is 0 Å². The van der Waals surface area contributed by atoms with Gasteiger partial charge in [-0.2, -0.15) is 4.99 Å². The standard InChI is InChI=1S/C12H11F2NO3/c1-18-8-5-7(13)10(14)9(11(8)17)12(15-6-16)3-2-4-12/h5,17H,2-4H2,1H3. The molecule has 1 saturated carbocycles. The van der Waals surface area contributed by atoms with Gasteiger partial charge >= 0.3 is 0 Å². The lowest BCUT2D eigenvalue weighted by atomic mass is 9.71. The molecule has 1 N–H and O–H groups in total. The molecular formula is C12H11F2NO3.